The molecule has 25 heavy (non-hydrogen) atoms. The molecular weight excluding hydrogens is 318 g/mol. The third kappa shape index (κ3) is 3.02. The van der Waals surface area contributed by atoms with E-state index in [4.69, 9.17) is 18.9 Å². The first-order chi connectivity index (χ1) is 12.1. The van der Waals surface area contributed by atoms with E-state index >= 15 is 0 Å². The molecule has 0 saturated carbocycles. The smallest absolute Gasteiger partial charge is 0.161 e. The Balaban J connectivity index is 2.13. The van der Waals surface area contributed by atoms with Crippen LogP contribution in [-0.2, 0) is 0 Å². The predicted molar refractivity (Wildman–Crippen MR) is 98.0 cm³/mol. The summed E-state index contributed by atoms with van der Waals surface area (Å²) >= 11 is 0. The number of aliphatic imine (C=N–C) groups is 1. The molecule has 3 rings (SSSR count). The van der Waals surface area contributed by atoms with E-state index in [0.717, 1.165) is 16.7 Å². The molecular formula is C20H23NO4. The zero-order chi connectivity index (χ0) is 18.0. The zero-order valence-electron chi connectivity index (χ0n) is 15.2. The second-order valence-corrected chi connectivity index (χ2v) is 5.95. The number of methoxy groups -OCH3 is 4. The lowest BCUT2D eigenvalue weighted by Gasteiger charge is -2.28. The summed E-state index contributed by atoms with van der Waals surface area (Å²) in [6, 6.07) is 10.1. The average Bonchev–Trinajstić information content (AvgIpc) is 2.66. The Morgan fingerprint density at radius 2 is 1.36 bits per heavy atom. The number of benzene rings is 2. The van der Waals surface area contributed by atoms with Gasteiger partial charge >= 0.3 is 0 Å². The molecule has 0 spiro atoms. The minimum atomic E-state index is 0.0969. The van der Waals surface area contributed by atoms with Crippen LogP contribution >= 0.6 is 0 Å². The monoisotopic (exact) mass is 341 g/mol. The van der Waals surface area contributed by atoms with E-state index in [1.807, 2.05) is 30.5 Å². The Morgan fingerprint density at radius 1 is 0.760 bits per heavy atom. The highest BCUT2D eigenvalue weighted by Gasteiger charge is 2.28. The fourth-order valence-electron chi connectivity index (χ4n) is 3.34. The molecule has 0 amide bonds. The first-order valence-electron chi connectivity index (χ1n) is 8.14. The van der Waals surface area contributed by atoms with Gasteiger partial charge in [-0.2, -0.15) is 0 Å². The standard InChI is InChI=1S/C20H23NO4/c1-12-20(13-6-7-16(22-2)17(8-13)23-3)15-10-19(25-5)18(24-4)9-14(15)11-21-12/h6-12,20H,1-5H3/t12-,20-/m0/s1. The predicted octanol–water partition coefficient (Wildman–Crippen LogP) is 3.67. The Kier molecular flexibility index (Phi) is 4.83. The van der Waals surface area contributed by atoms with Gasteiger partial charge in [0.05, 0.1) is 34.5 Å². The highest BCUT2D eigenvalue weighted by molar-refractivity contribution is 5.85. The van der Waals surface area contributed by atoms with Crippen LogP contribution in [0.4, 0.5) is 0 Å². The molecule has 2 aromatic carbocycles. The molecule has 2 aromatic rings. The van der Waals surface area contributed by atoms with E-state index in [0.29, 0.717) is 23.0 Å². The molecule has 5 heteroatoms. The van der Waals surface area contributed by atoms with Gasteiger partial charge in [0.2, 0.25) is 0 Å². The van der Waals surface area contributed by atoms with Crippen LogP contribution in [0.15, 0.2) is 35.3 Å². The highest BCUT2D eigenvalue weighted by atomic mass is 16.5. The van der Waals surface area contributed by atoms with Gasteiger partial charge in [0.25, 0.3) is 0 Å². The van der Waals surface area contributed by atoms with Crippen LogP contribution in [0.3, 0.4) is 0 Å². The molecule has 0 saturated heterocycles. The summed E-state index contributed by atoms with van der Waals surface area (Å²) in [5.41, 5.74) is 3.32. The average molecular weight is 341 g/mol. The van der Waals surface area contributed by atoms with Gasteiger partial charge in [0, 0.05) is 17.7 Å². The molecule has 132 valence electrons. The van der Waals surface area contributed by atoms with Crippen molar-refractivity contribution in [3.63, 3.8) is 0 Å². The normalized spacial score (nSPS) is 18.4. The number of hydrogen-bond donors (Lipinski definition) is 0. The zero-order valence-corrected chi connectivity index (χ0v) is 15.2. The van der Waals surface area contributed by atoms with E-state index < -0.39 is 0 Å². The van der Waals surface area contributed by atoms with Crippen molar-refractivity contribution in [3.8, 4) is 23.0 Å². The number of hydrogen-bond acceptors (Lipinski definition) is 5. The van der Waals surface area contributed by atoms with Crippen molar-refractivity contribution in [1.29, 1.82) is 0 Å². The molecule has 0 fully saturated rings. The third-order valence-electron chi connectivity index (χ3n) is 4.62. The summed E-state index contributed by atoms with van der Waals surface area (Å²) in [6.45, 7) is 2.11. The summed E-state index contributed by atoms with van der Waals surface area (Å²) in [4.78, 5) is 4.66. The molecule has 0 aromatic heterocycles. The van der Waals surface area contributed by atoms with Crippen LogP contribution in [0.1, 0.15) is 29.5 Å². The molecule has 1 heterocycles. The minimum absolute atomic E-state index is 0.0969. The maximum atomic E-state index is 5.49. The molecule has 1 aliphatic heterocycles. The second kappa shape index (κ2) is 7.05. The first kappa shape index (κ1) is 17.1. The van der Waals surface area contributed by atoms with Gasteiger partial charge in [-0.15, -0.1) is 0 Å². The molecule has 0 bridgehead atoms. The number of fused-ring (bicyclic) bond motifs is 1. The van der Waals surface area contributed by atoms with E-state index in [2.05, 4.69) is 18.0 Å². The second-order valence-electron chi connectivity index (χ2n) is 5.95. The summed E-state index contributed by atoms with van der Waals surface area (Å²) in [6.07, 6.45) is 1.90. The maximum absolute atomic E-state index is 5.49. The van der Waals surface area contributed by atoms with Gasteiger partial charge in [-0.1, -0.05) is 6.07 Å². The molecule has 2 atom stereocenters. The lowest BCUT2D eigenvalue weighted by atomic mass is 9.81. The first-order valence-corrected chi connectivity index (χ1v) is 8.14. The van der Waals surface area contributed by atoms with Gasteiger partial charge in [0.1, 0.15) is 0 Å². The van der Waals surface area contributed by atoms with Crippen LogP contribution < -0.4 is 18.9 Å². The molecule has 0 unspecified atom stereocenters. The van der Waals surface area contributed by atoms with Crippen LogP contribution in [-0.4, -0.2) is 40.7 Å². The SMILES string of the molecule is COc1ccc([C@H]2c3cc(OC)c(OC)cc3C=N[C@H]2C)cc1OC. The molecule has 0 radical (unpaired) electrons. The Bertz CT molecular complexity index is 801. The maximum Gasteiger partial charge on any atom is 0.161 e. The molecule has 1 aliphatic rings. The van der Waals surface area contributed by atoms with E-state index in [1.165, 1.54) is 0 Å². The summed E-state index contributed by atoms with van der Waals surface area (Å²) < 4.78 is 21.7. The lowest BCUT2D eigenvalue weighted by Crippen LogP contribution is -2.21. The molecule has 0 N–H and O–H groups in total. The highest BCUT2D eigenvalue weighted by Crippen LogP contribution is 2.42. The fraction of sp³-hybridized carbons (Fsp3) is 0.350. The molecule has 0 aliphatic carbocycles. The quantitative estimate of drug-likeness (QED) is 0.832. The third-order valence-corrected chi connectivity index (χ3v) is 4.62. The Labute approximate surface area is 148 Å². The molecule has 5 nitrogen and oxygen atoms in total. The number of ether oxygens (including phenoxy) is 4. The number of rotatable bonds is 5. The fourth-order valence-corrected chi connectivity index (χ4v) is 3.34. The van der Waals surface area contributed by atoms with Crippen LogP contribution in [0.25, 0.3) is 0 Å². The van der Waals surface area contributed by atoms with E-state index in [-0.39, 0.29) is 12.0 Å². The van der Waals surface area contributed by atoms with Crippen LogP contribution in [0.2, 0.25) is 0 Å². The van der Waals surface area contributed by atoms with Crippen molar-refractivity contribution in [2.24, 2.45) is 4.99 Å². The summed E-state index contributed by atoms with van der Waals surface area (Å²) in [7, 11) is 6.57. The summed E-state index contributed by atoms with van der Waals surface area (Å²) in [5, 5.41) is 0. The van der Waals surface area contributed by atoms with Crippen molar-refractivity contribution < 1.29 is 18.9 Å². The van der Waals surface area contributed by atoms with Crippen molar-refractivity contribution in [1.82, 2.24) is 0 Å². The van der Waals surface area contributed by atoms with Crippen molar-refractivity contribution in [2.45, 2.75) is 18.9 Å². The van der Waals surface area contributed by atoms with Gasteiger partial charge in [-0.25, -0.2) is 0 Å². The van der Waals surface area contributed by atoms with Crippen LogP contribution in [0, 0.1) is 0 Å². The van der Waals surface area contributed by atoms with Crippen molar-refractivity contribution >= 4 is 6.21 Å². The van der Waals surface area contributed by atoms with Crippen LogP contribution in [0.5, 0.6) is 23.0 Å². The van der Waals surface area contributed by atoms with E-state index in [1.54, 1.807) is 28.4 Å². The lowest BCUT2D eigenvalue weighted by molar-refractivity contribution is 0.353. The largest absolute Gasteiger partial charge is 0.493 e. The Hall–Kier alpha value is -2.69. The topological polar surface area (TPSA) is 49.3 Å². The summed E-state index contributed by atoms with van der Waals surface area (Å²) in [5.74, 6) is 2.94. The minimum Gasteiger partial charge on any atom is -0.493 e. The van der Waals surface area contributed by atoms with Gasteiger partial charge in [-0.05, 0) is 42.3 Å². The van der Waals surface area contributed by atoms with Gasteiger partial charge in [-0.3, -0.25) is 4.99 Å². The number of nitrogens with zero attached hydrogens (tertiary/aromatic N) is 1. The van der Waals surface area contributed by atoms with Crippen molar-refractivity contribution in [2.75, 3.05) is 28.4 Å². The van der Waals surface area contributed by atoms with E-state index in [9.17, 15) is 0 Å². The Morgan fingerprint density at radius 3 is 2.00 bits per heavy atom. The van der Waals surface area contributed by atoms with Crippen molar-refractivity contribution in [3.05, 3.63) is 47.0 Å². The van der Waals surface area contributed by atoms with Gasteiger partial charge < -0.3 is 18.9 Å². The van der Waals surface area contributed by atoms with Gasteiger partial charge in [0.15, 0.2) is 23.0 Å².